The highest BCUT2D eigenvalue weighted by molar-refractivity contribution is 5.54. The second kappa shape index (κ2) is 4.76. The summed E-state index contributed by atoms with van der Waals surface area (Å²) in [4.78, 5) is 4.63. The number of rotatable bonds is 3. The van der Waals surface area contributed by atoms with E-state index >= 15 is 0 Å². The Kier molecular flexibility index (Phi) is 2.95. The van der Waals surface area contributed by atoms with E-state index in [-0.39, 0.29) is 0 Å². The molecule has 0 saturated carbocycles. The van der Waals surface area contributed by atoms with Crippen molar-refractivity contribution in [2.45, 2.75) is 19.8 Å². The molecule has 19 heavy (non-hydrogen) atoms. The maximum atomic E-state index is 6.15. The maximum Gasteiger partial charge on any atom is 0.138 e. The molecule has 2 N–H and O–H groups in total. The first-order valence-corrected chi connectivity index (χ1v) is 6.51. The molecule has 0 amide bonds. The molecule has 0 saturated heterocycles. The number of anilines is 1. The van der Waals surface area contributed by atoms with E-state index in [0.29, 0.717) is 0 Å². The van der Waals surface area contributed by atoms with Crippen LogP contribution in [0.15, 0.2) is 48.7 Å². The van der Waals surface area contributed by atoms with Crippen LogP contribution in [0.2, 0.25) is 0 Å². The summed E-state index contributed by atoms with van der Waals surface area (Å²) in [5.74, 6) is 0.755. The van der Waals surface area contributed by atoms with Crippen molar-refractivity contribution in [3.63, 3.8) is 0 Å². The third-order valence-corrected chi connectivity index (χ3v) is 3.39. The van der Waals surface area contributed by atoms with Gasteiger partial charge in [0.25, 0.3) is 0 Å². The Hall–Kier alpha value is -2.29. The summed E-state index contributed by atoms with van der Waals surface area (Å²) < 4.78 is 1.95. The van der Waals surface area contributed by atoms with E-state index in [1.54, 1.807) is 0 Å². The molecule has 0 aliphatic rings. The lowest BCUT2D eigenvalue weighted by molar-refractivity contribution is 0.931. The molecule has 0 radical (unpaired) electrons. The fourth-order valence-electron chi connectivity index (χ4n) is 2.31. The van der Waals surface area contributed by atoms with Gasteiger partial charge in [0.15, 0.2) is 0 Å². The van der Waals surface area contributed by atoms with Gasteiger partial charge < -0.3 is 5.73 Å². The third-order valence-electron chi connectivity index (χ3n) is 3.39. The number of aromatic nitrogens is 2. The highest BCUT2D eigenvalue weighted by atomic mass is 15.1. The van der Waals surface area contributed by atoms with Gasteiger partial charge >= 0.3 is 0 Å². The molecule has 0 atom stereocenters. The molecule has 0 unspecified atom stereocenters. The van der Waals surface area contributed by atoms with Crippen LogP contribution in [-0.4, -0.2) is 9.38 Å². The summed E-state index contributed by atoms with van der Waals surface area (Å²) in [7, 11) is 0. The average molecular weight is 251 g/mol. The molecule has 0 aliphatic heterocycles. The molecule has 0 spiro atoms. The zero-order valence-electron chi connectivity index (χ0n) is 11.0. The van der Waals surface area contributed by atoms with Crippen LogP contribution in [0.4, 0.5) is 5.82 Å². The molecule has 1 aromatic carbocycles. The molecular formula is C16H17N3. The summed E-state index contributed by atoms with van der Waals surface area (Å²) in [5, 5.41) is 0. The monoisotopic (exact) mass is 251 g/mol. The SMILES string of the molecule is Cc1ccn2c(N)c(CCc3ccccc3)nc2c1. The largest absolute Gasteiger partial charge is 0.383 e. The molecule has 2 heterocycles. The summed E-state index contributed by atoms with van der Waals surface area (Å²) >= 11 is 0. The second-order valence-corrected chi connectivity index (χ2v) is 4.86. The molecule has 3 heteroatoms. The Morgan fingerprint density at radius 3 is 2.68 bits per heavy atom. The van der Waals surface area contributed by atoms with E-state index in [9.17, 15) is 0 Å². The van der Waals surface area contributed by atoms with Gasteiger partial charge in [0, 0.05) is 6.20 Å². The molecule has 0 bridgehead atoms. The van der Waals surface area contributed by atoms with Crippen LogP contribution in [0, 0.1) is 6.92 Å². The first-order chi connectivity index (χ1) is 9.24. The molecule has 0 aliphatic carbocycles. The van der Waals surface area contributed by atoms with Crippen molar-refractivity contribution in [2.24, 2.45) is 0 Å². The van der Waals surface area contributed by atoms with Crippen LogP contribution in [0.1, 0.15) is 16.8 Å². The lowest BCUT2D eigenvalue weighted by Gasteiger charge is -2.00. The van der Waals surface area contributed by atoms with Crippen LogP contribution in [0.5, 0.6) is 0 Å². The van der Waals surface area contributed by atoms with E-state index in [1.807, 2.05) is 22.7 Å². The minimum absolute atomic E-state index is 0.755. The molecule has 3 aromatic rings. The Balaban J connectivity index is 1.87. The molecule has 96 valence electrons. The van der Waals surface area contributed by atoms with Gasteiger partial charge in [-0.1, -0.05) is 30.3 Å². The highest BCUT2D eigenvalue weighted by Crippen LogP contribution is 2.17. The van der Waals surface area contributed by atoms with Crippen molar-refractivity contribution in [3.8, 4) is 0 Å². The minimum atomic E-state index is 0.755. The number of benzene rings is 1. The highest BCUT2D eigenvalue weighted by Gasteiger charge is 2.08. The lowest BCUT2D eigenvalue weighted by atomic mass is 10.1. The van der Waals surface area contributed by atoms with Crippen molar-refractivity contribution < 1.29 is 0 Å². The fourth-order valence-corrected chi connectivity index (χ4v) is 2.31. The molecule has 0 fully saturated rings. The number of nitrogen functional groups attached to an aromatic ring is 1. The van der Waals surface area contributed by atoms with E-state index in [2.05, 4.69) is 42.2 Å². The van der Waals surface area contributed by atoms with Crippen molar-refractivity contribution in [1.29, 1.82) is 0 Å². The number of aryl methyl sites for hydroxylation is 3. The van der Waals surface area contributed by atoms with Crippen molar-refractivity contribution >= 4 is 11.5 Å². The van der Waals surface area contributed by atoms with E-state index in [1.165, 1.54) is 11.1 Å². The third kappa shape index (κ3) is 2.32. The van der Waals surface area contributed by atoms with Gasteiger partial charge in [-0.25, -0.2) is 4.98 Å². The molecular weight excluding hydrogens is 234 g/mol. The first-order valence-electron chi connectivity index (χ1n) is 6.51. The molecule has 3 rings (SSSR count). The number of imidazole rings is 1. The first kappa shape index (κ1) is 11.8. The zero-order chi connectivity index (χ0) is 13.2. The van der Waals surface area contributed by atoms with Gasteiger partial charge in [-0.3, -0.25) is 4.40 Å². The summed E-state index contributed by atoms with van der Waals surface area (Å²) in [6, 6.07) is 14.5. The summed E-state index contributed by atoms with van der Waals surface area (Å²) in [6.07, 6.45) is 3.82. The Morgan fingerprint density at radius 2 is 1.89 bits per heavy atom. The van der Waals surface area contributed by atoms with Gasteiger partial charge in [0.05, 0.1) is 5.69 Å². The Bertz CT molecular complexity index is 699. The number of hydrogen-bond acceptors (Lipinski definition) is 2. The van der Waals surface area contributed by atoms with E-state index in [4.69, 9.17) is 5.73 Å². The average Bonchev–Trinajstić information content (AvgIpc) is 2.74. The topological polar surface area (TPSA) is 43.3 Å². The smallest absolute Gasteiger partial charge is 0.138 e. The van der Waals surface area contributed by atoms with E-state index in [0.717, 1.165) is 30.0 Å². The van der Waals surface area contributed by atoms with Crippen molar-refractivity contribution in [1.82, 2.24) is 9.38 Å². The van der Waals surface area contributed by atoms with E-state index < -0.39 is 0 Å². The van der Waals surface area contributed by atoms with Crippen molar-refractivity contribution in [2.75, 3.05) is 5.73 Å². The van der Waals surface area contributed by atoms with Gasteiger partial charge in [-0.2, -0.15) is 0 Å². The summed E-state index contributed by atoms with van der Waals surface area (Å²) in [6.45, 7) is 2.06. The normalized spacial score (nSPS) is 11.0. The number of pyridine rings is 1. The van der Waals surface area contributed by atoms with Crippen LogP contribution >= 0.6 is 0 Å². The van der Waals surface area contributed by atoms with Crippen LogP contribution in [-0.2, 0) is 12.8 Å². The van der Waals surface area contributed by atoms with Crippen LogP contribution in [0.3, 0.4) is 0 Å². The van der Waals surface area contributed by atoms with Crippen LogP contribution < -0.4 is 5.73 Å². The van der Waals surface area contributed by atoms with Gasteiger partial charge in [0.2, 0.25) is 0 Å². The molecule has 2 aromatic heterocycles. The number of nitrogens with two attached hydrogens (primary N) is 1. The second-order valence-electron chi connectivity index (χ2n) is 4.86. The lowest BCUT2D eigenvalue weighted by Crippen LogP contribution is -1.98. The Labute approximate surface area is 112 Å². The molecule has 3 nitrogen and oxygen atoms in total. The minimum Gasteiger partial charge on any atom is -0.383 e. The predicted octanol–water partition coefficient (Wildman–Crippen LogP) is 3.01. The number of fused-ring (bicyclic) bond motifs is 1. The zero-order valence-corrected chi connectivity index (χ0v) is 11.0. The van der Waals surface area contributed by atoms with Crippen molar-refractivity contribution in [3.05, 3.63) is 65.5 Å². The van der Waals surface area contributed by atoms with Gasteiger partial charge in [-0.05, 0) is 43.0 Å². The Morgan fingerprint density at radius 1 is 1.11 bits per heavy atom. The van der Waals surface area contributed by atoms with Gasteiger partial charge in [-0.15, -0.1) is 0 Å². The number of hydrogen-bond donors (Lipinski definition) is 1. The fraction of sp³-hybridized carbons (Fsp3) is 0.188. The maximum absolute atomic E-state index is 6.15. The van der Waals surface area contributed by atoms with Crippen LogP contribution in [0.25, 0.3) is 5.65 Å². The number of nitrogens with zero attached hydrogens (tertiary/aromatic N) is 2. The quantitative estimate of drug-likeness (QED) is 0.777. The summed E-state index contributed by atoms with van der Waals surface area (Å²) in [5.41, 5.74) is 10.6. The predicted molar refractivity (Wildman–Crippen MR) is 78.2 cm³/mol. The standard InChI is InChI=1S/C16H17N3/c1-12-9-10-19-15(11-12)18-14(16(19)17)8-7-13-5-3-2-4-6-13/h2-6,9-11H,7-8,17H2,1H3. The van der Waals surface area contributed by atoms with Gasteiger partial charge in [0.1, 0.15) is 11.5 Å².